The van der Waals surface area contributed by atoms with Crippen LogP contribution >= 0.6 is 0 Å². The van der Waals surface area contributed by atoms with E-state index in [1.54, 1.807) is 6.07 Å². The van der Waals surface area contributed by atoms with Crippen molar-refractivity contribution < 1.29 is 13.2 Å². The molecule has 7 heteroatoms. The number of hydrogen-bond donors (Lipinski definition) is 1. The fourth-order valence-corrected chi connectivity index (χ4v) is 4.67. The molecule has 1 amide bonds. The zero-order valence-corrected chi connectivity index (χ0v) is 17.9. The molecule has 0 saturated carbocycles. The Balaban J connectivity index is 1.53. The van der Waals surface area contributed by atoms with Gasteiger partial charge in [-0.2, -0.15) is 0 Å². The van der Waals surface area contributed by atoms with Crippen molar-refractivity contribution in [2.24, 2.45) is 0 Å². The van der Waals surface area contributed by atoms with Crippen LogP contribution in [0, 0.1) is 6.92 Å². The van der Waals surface area contributed by atoms with Crippen molar-refractivity contribution in [3.05, 3.63) is 54.1 Å². The summed E-state index contributed by atoms with van der Waals surface area (Å²) in [6, 6.07) is 15.3. The summed E-state index contributed by atoms with van der Waals surface area (Å²) in [7, 11) is -3.41. The standard InChI is InChI=1S/C22H29N3O3S/c1-18-8-3-4-9-21(18)25(29(2,27)28)17-7-10-22(26)23-19-11-13-20(14-12-19)24-15-5-6-16-24/h3-4,8-9,11-14H,5-7,10,15-17H2,1-2H3,(H,23,26). The summed E-state index contributed by atoms with van der Waals surface area (Å²) in [5.74, 6) is -0.114. The van der Waals surface area contributed by atoms with Gasteiger partial charge in [0, 0.05) is 37.4 Å². The van der Waals surface area contributed by atoms with E-state index in [1.165, 1.54) is 29.1 Å². The van der Waals surface area contributed by atoms with Gasteiger partial charge >= 0.3 is 0 Å². The van der Waals surface area contributed by atoms with Gasteiger partial charge in [0.1, 0.15) is 0 Å². The number of benzene rings is 2. The molecule has 0 unspecified atom stereocenters. The van der Waals surface area contributed by atoms with Crippen LogP contribution in [0.2, 0.25) is 0 Å². The quantitative estimate of drug-likeness (QED) is 0.712. The molecule has 1 fully saturated rings. The summed E-state index contributed by atoms with van der Waals surface area (Å²) >= 11 is 0. The summed E-state index contributed by atoms with van der Waals surface area (Å²) in [6.07, 6.45) is 4.35. The summed E-state index contributed by atoms with van der Waals surface area (Å²) in [6.45, 7) is 4.32. The summed E-state index contributed by atoms with van der Waals surface area (Å²) < 4.78 is 25.8. The van der Waals surface area contributed by atoms with Crippen LogP contribution in [0.5, 0.6) is 0 Å². The van der Waals surface area contributed by atoms with Gasteiger partial charge in [0.15, 0.2) is 0 Å². The first-order valence-corrected chi connectivity index (χ1v) is 11.9. The van der Waals surface area contributed by atoms with Gasteiger partial charge in [-0.1, -0.05) is 18.2 Å². The Hall–Kier alpha value is -2.54. The Morgan fingerprint density at radius 1 is 1.07 bits per heavy atom. The largest absolute Gasteiger partial charge is 0.372 e. The zero-order valence-electron chi connectivity index (χ0n) is 17.1. The average molecular weight is 416 g/mol. The highest BCUT2D eigenvalue weighted by Crippen LogP contribution is 2.23. The molecule has 1 N–H and O–H groups in total. The fraction of sp³-hybridized carbons (Fsp3) is 0.409. The first-order chi connectivity index (χ1) is 13.8. The van der Waals surface area contributed by atoms with E-state index in [1.807, 2.05) is 49.4 Å². The lowest BCUT2D eigenvalue weighted by Crippen LogP contribution is -2.32. The lowest BCUT2D eigenvalue weighted by atomic mass is 10.2. The van der Waals surface area contributed by atoms with E-state index in [9.17, 15) is 13.2 Å². The van der Waals surface area contributed by atoms with Gasteiger partial charge in [0.05, 0.1) is 11.9 Å². The maximum absolute atomic E-state index is 12.3. The maximum Gasteiger partial charge on any atom is 0.232 e. The van der Waals surface area contributed by atoms with E-state index in [2.05, 4.69) is 10.2 Å². The zero-order chi connectivity index (χ0) is 20.9. The lowest BCUT2D eigenvalue weighted by Gasteiger charge is -2.24. The Morgan fingerprint density at radius 3 is 2.34 bits per heavy atom. The second kappa shape index (κ2) is 9.31. The van der Waals surface area contributed by atoms with Gasteiger partial charge in [-0.3, -0.25) is 9.10 Å². The molecule has 0 spiro atoms. The number of hydrogen-bond acceptors (Lipinski definition) is 4. The summed E-state index contributed by atoms with van der Waals surface area (Å²) in [5, 5.41) is 2.90. The molecule has 0 bridgehead atoms. The molecule has 1 aliphatic heterocycles. The van der Waals surface area contributed by atoms with Crippen molar-refractivity contribution in [3.63, 3.8) is 0 Å². The van der Waals surface area contributed by atoms with Crippen molar-refractivity contribution in [2.45, 2.75) is 32.6 Å². The molecule has 1 aliphatic rings. The van der Waals surface area contributed by atoms with Crippen LogP contribution in [-0.2, 0) is 14.8 Å². The number of sulfonamides is 1. The second-order valence-electron chi connectivity index (χ2n) is 7.51. The maximum atomic E-state index is 12.3. The molecule has 2 aromatic rings. The molecule has 0 aromatic heterocycles. The van der Waals surface area contributed by atoms with Gasteiger partial charge in [-0.25, -0.2) is 8.42 Å². The number of rotatable bonds is 8. The highest BCUT2D eigenvalue weighted by Gasteiger charge is 2.19. The molecule has 0 aliphatic carbocycles. The third-order valence-corrected chi connectivity index (χ3v) is 6.35. The first kappa shape index (κ1) is 21.2. The topological polar surface area (TPSA) is 69.7 Å². The van der Waals surface area contributed by atoms with E-state index in [4.69, 9.17) is 0 Å². The number of para-hydroxylation sites is 1. The number of carbonyl (C=O) groups excluding carboxylic acids is 1. The Morgan fingerprint density at radius 2 is 1.72 bits per heavy atom. The van der Waals surface area contributed by atoms with E-state index in [0.29, 0.717) is 12.1 Å². The summed E-state index contributed by atoms with van der Waals surface area (Å²) in [4.78, 5) is 14.6. The Labute approximate surface area is 173 Å². The second-order valence-corrected chi connectivity index (χ2v) is 9.42. The number of amides is 1. The SMILES string of the molecule is Cc1ccccc1N(CCCC(=O)Nc1ccc(N2CCCC2)cc1)S(C)(=O)=O. The van der Waals surface area contributed by atoms with Crippen molar-refractivity contribution in [2.75, 3.05) is 40.4 Å². The van der Waals surface area contributed by atoms with E-state index < -0.39 is 10.0 Å². The van der Waals surface area contributed by atoms with Crippen LogP contribution in [0.25, 0.3) is 0 Å². The molecule has 156 valence electrons. The van der Waals surface area contributed by atoms with Gasteiger partial charge in [0.2, 0.25) is 15.9 Å². The molecular formula is C22H29N3O3S. The van der Waals surface area contributed by atoms with E-state index in [0.717, 1.165) is 24.3 Å². The van der Waals surface area contributed by atoms with Crippen LogP contribution in [0.1, 0.15) is 31.2 Å². The number of nitrogens with one attached hydrogen (secondary N) is 1. The van der Waals surface area contributed by atoms with Crippen molar-refractivity contribution >= 4 is 33.0 Å². The molecule has 29 heavy (non-hydrogen) atoms. The van der Waals surface area contributed by atoms with Crippen LogP contribution < -0.4 is 14.5 Å². The van der Waals surface area contributed by atoms with Crippen molar-refractivity contribution in [1.82, 2.24) is 0 Å². The van der Waals surface area contributed by atoms with Crippen molar-refractivity contribution in [1.29, 1.82) is 0 Å². The number of nitrogens with zero attached hydrogens (tertiary/aromatic N) is 2. The number of aryl methyl sites for hydroxylation is 1. The average Bonchev–Trinajstić information content (AvgIpc) is 3.20. The monoisotopic (exact) mass is 415 g/mol. The number of anilines is 3. The molecular weight excluding hydrogens is 386 g/mol. The van der Waals surface area contributed by atoms with Gasteiger partial charge in [-0.05, 0) is 62.1 Å². The third kappa shape index (κ3) is 5.73. The first-order valence-electron chi connectivity index (χ1n) is 10.0. The smallest absolute Gasteiger partial charge is 0.232 e. The number of carbonyl (C=O) groups is 1. The summed E-state index contributed by atoms with van der Waals surface area (Å²) in [5.41, 5.74) is 3.49. The van der Waals surface area contributed by atoms with Crippen LogP contribution in [0.4, 0.5) is 17.1 Å². The Kier molecular flexibility index (Phi) is 6.79. The van der Waals surface area contributed by atoms with Crippen molar-refractivity contribution in [3.8, 4) is 0 Å². The molecule has 6 nitrogen and oxygen atoms in total. The predicted molar refractivity (Wildman–Crippen MR) is 119 cm³/mol. The Bertz CT molecular complexity index is 936. The fourth-order valence-electron chi connectivity index (χ4n) is 3.65. The minimum Gasteiger partial charge on any atom is -0.372 e. The molecule has 0 radical (unpaired) electrons. The van der Waals surface area contributed by atoms with E-state index >= 15 is 0 Å². The highest BCUT2D eigenvalue weighted by molar-refractivity contribution is 7.92. The van der Waals surface area contributed by atoms with Gasteiger partial charge in [-0.15, -0.1) is 0 Å². The van der Waals surface area contributed by atoms with E-state index in [-0.39, 0.29) is 18.9 Å². The lowest BCUT2D eigenvalue weighted by molar-refractivity contribution is -0.116. The van der Waals surface area contributed by atoms with Crippen LogP contribution in [-0.4, -0.2) is 40.2 Å². The molecule has 3 rings (SSSR count). The highest BCUT2D eigenvalue weighted by atomic mass is 32.2. The predicted octanol–water partition coefficient (Wildman–Crippen LogP) is 3.78. The molecule has 1 heterocycles. The minimum absolute atomic E-state index is 0.114. The van der Waals surface area contributed by atoms with Gasteiger partial charge in [0.25, 0.3) is 0 Å². The normalized spacial score (nSPS) is 14.1. The minimum atomic E-state index is -3.41. The van der Waals surface area contributed by atoms with Crippen LogP contribution in [0.3, 0.4) is 0 Å². The van der Waals surface area contributed by atoms with Crippen LogP contribution in [0.15, 0.2) is 48.5 Å². The third-order valence-electron chi connectivity index (χ3n) is 5.17. The molecule has 1 saturated heterocycles. The van der Waals surface area contributed by atoms with Gasteiger partial charge < -0.3 is 10.2 Å². The molecule has 0 atom stereocenters. The molecule has 2 aromatic carbocycles.